The van der Waals surface area contributed by atoms with Gasteiger partial charge in [-0.3, -0.25) is 0 Å². The molecule has 2 atom stereocenters. The third-order valence-electron chi connectivity index (χ3n) is 5.31. The van der Waals surface area contributed by atoms with Gasteiger partial charge in [0.2, 0.25) is 0 Å². The molecule has 170 valence electrons. The number of aliphatic hydroxyl groups excluding tert-OH is 1. The van der Waals surface area contributed by atoms with Crippen LogP contribution in [0.25, 0.3) is 11.2 Å². The molecule has 3 N–H and O–H groups in total. The molecule has 0 unspecified atom stereocenters. The molecule has 8 heteroatoms. The van der Waals surface area contributed by atoms with Gasteiger partial charge in [-0.05, 0) is 29.9 Å². The second kappa shape index (κ2) is 10.8. The smallest absolute Gasteiger partial charge is 0.413 e. The predicted molar refractivity (Wildman–Crippen MR) is 119 cm³/mol. The summed E-state index contributed by atoms with van der Waals surface area (Å²) in [4.78, 5) is 12.6. The molecule has 0 saturated heterocycles. The van der Waals surface area contributed by atoms with Crippen molar-refractivity contribution >= 4 is 17.3 Å². The van der Waals surface area contributed by atoms with Gasteiger partial charge < -0.3 is 29.3 Å². The van der Waals surface area contributed by atoms with Crippen LogP contribution in [0.15, 0.2) is 57.8 Å². The van der Waals surface area contributed by atoms with E-state index in [0.29, 0.717) is 24.8 Å². The highest BCUT2D eigenvalue weighted by atomic mass is 16.6. The quantitative estimate of drug-likeness (QED) is 0.413. The van der Waals surface area contributed by atoms with Gasteiger partial charge in [-0.2, -0.15) is 5.26 Å². The van der Waals surface area contributed by atoms with E-state index in [-0.39, 0.29) is 23.5 Å². The monoisotopic (exact) mass is 439 g/mol. The van der Waals surface area contributed by atoms with Crippen molar-refractivity contribution < 1.29 is 23.5 Å². The number of nitrogens with zero attached hydrogens (tertiary/aromatic N) is 1. The van der Waals surface area contributed by atoms with Crippen molar-refractivity contribution in [3.8, 4) is 11.8 Å². The maximum Gasteiger partial charge on any atom is 0.413 e. The lowest BCUT2D eigenvalue weighted by Gasteiger charge is -2.27. The van der Waals surface area contributed by atoms with Crippen LogP contribution in [0.3, 0.4) is 0 Å². The Balaban J connectivity index is 1.61. The van der Waals surface area contributed by atoms with Crippen LogP contribution in [0.1, 0.15) is 32.3 Å². The summed E-state index contributed by atoms with van der Waals surface area (Å²) in [7, 11) is 0. The van der Waals surface area contributed by atoms with Crippen LogP contribution in [-0.2, 0) is 6.42 Å². The standard InChI is InChI=1S/C24H29N3O5/c1-24(2,10-6-11-25)16-26-14-20(28)19(13-17-7-4-3-5-8-17)27-23(29)32-21-15-31-22-18(21)9-12-30-22/h3-5,7-9,12,15,19-20,26,28H,6,10,13-14,16H2,1-2H3,(H,27,29)/t19-,20+/m0/s1. The van der Waals surface area contributed by atoms with Gasteiger partial charge in [0.05, 0.1) is 24.5 Å². The first-order chi connectivity index (χ1) is 15.4. The molecule has 0 aliphatic heterocycles. The van der Waals surface area contributed by atoms with Crippen LogP contribution in [0, 0.1) is 16.7 Å². The number of nitrogens with one attached hydrogen (secondary N) is 2. The average molecular weight is 440 g/mol. The summed E-state index contributed by atoms with van der Waals surface area (Å²) < 4.78 is 15.7. The van der Waals surface area contributed by atoms with Crippen LogP contribution in [-0.4, -0.2) is 36.4 Å². The van der Waals surface area contributed by atoms with E-state index < -0.39 is 18.2 Å². The molecule has 0 fully saturated rings. The van der Waals surface area contributed by atoms with E-state index in [1.807, 2.05) is 30.3 Å². The second-order valence-electron chi connectivity index (χ2n) is 8.57. The molecule has 0 bridgehead atoms. The highest BCUT2D eigenvalue weighted by Gasteiger charge is 2.25. The van der Waals surface area contributed by atoms with Crippen molar-refractivity contribution in [2.75, 3.05) is 13.1 Å². The van der Waals surface area contributed by atoms with E-state index in [1.165, 1.54) is 12.5 Å². The van der Waals surface area contributed by atoms with E-state index >= 15 is 0 Å². The minimum atomic E-state index is -0.854. The first-order valence-corrected chi connectivity index (χ1v) is 10.6. The Labute approximate surface area is 187 Å². The highest BCUT2D eigenvalue weighted by molar-refractivity contribution is 5.83. The van der Waals surface area contributed by atoms with Crippen LogP contribution in [0.5, 0.6) is 5.75 Å². The first kappa shape index (κ1) is 23.4. The lowest BCUT2D eigenvalue weighted by atomic mass is 9.88. The molecule has 3 rings (SSSR count). The van der Waals surface area contributed by atoms with Crippen molar-refractivity contribution in [3.05, 3.63) is 54.5 Å². The maximum absolute atomic E-state index is 12.6. The van der Waals surface area contributed by atoms with E-state index in [2.05, 4.69) is 30.6 Å². The van der Waals surface area contributed by atoms with Crippen LogP contribution in [0.2, 0.25) is 0 Å². The van der Waals surface area contributed by atoms with Crippen LogP contribution >= 0.6 is 0 Å². The molecule has 1 amide bonds. The Morgan fingerprint density at radius 2 is 2.03 bits per heavy atom. The van der Waals surface area contributed by atoms with E-state index in [4.69, 9.17) is 18.8 Å². The minimum absolute atomic E-state index is 0.0754. The van der Waals surface area contributed by atoms with Gasteiger partial charge in [0.25, 0.3) is 0 Å². The van der Waals surface area contributed by atoms with Gasteiger partial charge in [-0.25, -0.2) is 4.79 Å². The summed E-state index contributed by atoms with van der Waals surface area (Å²) in [5, 5.41) is 26.2. The van der Waals surface area contributed by atoms with Crippen molar-refractivity contribution in [1.29, 1.82) is 5.26 Å². The molecule has 0 radical (unpaired) electrons. The van der Waals surface area contributed by atoms with Crippen molar-refractivity contribution in [1.82, 2.24) is 10.6 Å². The number of fused-ring (bicyclic) bond motifs is 1. The van der Waals surface area contributed by atoms with E-state index in [1.54, 1.807) is 6.07 Å². The summed E-state index contributed by atoms with van der Waals surface area (Å²) >= 11 is 0. The number of hydrogen-bond donors (Lipinski definition) is 3. The molecule has 0 aliphatic carbocycles. The van der Waals surface area contributed by atoms with Gasteiger partial charge in [-0.1, -0.05) is 44.2 Å². The Hall–Kier alpha value is -3.28. The number of hydrogen-bond acceptors (Lipinski definition) is 7. The van der Waals surface area contributed by atoms with Gasteiger partial charge in [0.1, 0.15) is 11.6 Å². The summed E-state index contributed by atoms with van der Waals surface area (Å²) in [6, 6.07) is 12.9. The third kappa shape index (κ3) is 6.61. The third-order valence-corrected chi connectivity index (χ3v) is 5.31. The molecule has 0 spiro atoms. The number of nitriles is 1. The zero-order valence-electron chi connectivity index (χ0n) is 18.3. The topological polar surface area (TPSA) is 121 Å². The summed E-state index contributed by atoms with van der Waals surface area (Å²) in [6.07, 6.45) is 2.89. The molecule has 3 aromatic rings. The average Bonchev–Trinajstić information content (AvgIpc) is 3.37. The number of amides is 1. The van der Waals surface area contributed by atoms with Gasteiger partial charge in [0, 0.05) is 19.5 Å². The number of furan rings is 2. The fourth-order valence-corrected chi connectivity index (χ4v) is 3.43. The van der Waals surface area contributed by atoms with Gasteiger partial charge >= 0.3 is 11.9 Å². The van der Waals surface area contributed by atoms with Crippen molar-refractivity contribution in [2.24, 2.45) is 5.41 Å². The molecular formula is C24H29N3O5. The van der Waals surface area contributed by atoms with Crippen molar-refractivity contribution in [2.45, 2.75) is 45.3 Å². The largest absolute Gasteiger partial charge is 0.433 e. The summed E-state index contributed by atoms with van der Waals surface area (Å²) in [5.74, 6) is 0.522. The summed E-state index contributed by atoms with van der Waals surface area (Å²) in [6.45, 7) is 5.07. The first-order valence-electron chi connectivity index (χ1n) is 10.6. The molecular weight excluding hydrogens is 410 g/mol. The fourth-order valence-electron chi connectivity index (χ4n) is 3.43. The van der Waals surface area contributed by atoms with Gasteiger partial charge in [0.15, 0.2) is 5.75 Å². The molecule has 2 heterocycles. The van der Waals surface area contributed by atoms with E-state index in [0.717, 1.165) is 12.0 Å². The molecule has 8 nitrogen and oxygen atoms in total. The normalized spacial score (nSPS) is 13.4. The second-order valence-corrected chi connectivity index (χ2v) is 8.57. The number of carbonyl (C=O) groups excluding carboxylic acids is 1. The zero-order chi connectivity index (χ0) is 23.0. The zero-order valence-corrected chi connectivity index (χ0v) is 18.3. The SMILES string of the molecule is CC(C)(CCC#N)CNC[C@@H](O)[C@H](Cc1ccccc1)NC(=O)Oc1coc2occc12. The molecule has 0 aliphatic rings. The van der Waals surface area contributed by atoms with Crippen molar-refractivity contribution in [3.63, 3.8) is 0 Å². The Morgan fingerprint density at radius 3 is 2.78 bits per heavy atom. The predicted octanol–water partition coefficient (Wildman–Crippen LogP) is 4.01. The molecule has 32 heavy (non-hydrogen) atoms. The lowest BCUT2D eigenvalue weighted by Crippen LogP contribution is -2.50. The lowest BCUT2D eigenvalue weighted by molar-refractivity contribution is 0.116. The Bertz CT molecular complexity index is 1030. The number of aliphatic hydroxyl groups is 1. The fraction of sp³-hybridized carbons (Fsp3) is 0.417. The minimum Gasteiger partial charge on any atom is -0.433 e. The summed E-state index contributed by atoms with van der Waals surface area (Å²) in [5.41, 5.74) is 0.903. The van der Waals surface area contributed by atoms with E-state index in [9.17, 15) is 9.90 Å². The number of ether oxygens (including phenoxy) is 1. The van der Waals surface area contributed by atoms with Crippen LogP contribution < -0.4 is 15.4 Å². The van der Waals surface area contributed by atoms with Crippen LogP contribution in [0.4, 0.5) is 4.79 Å². The molecule has 2 aromatic heterocycles. The number of rotatable bonds is 11. The number of benzene rings is 1. The van der Waals surface area contributed by atoms with Gasteiger partial charge in [-0.15, -0.1) is 0 Å². The number of carbonyl (C=O) groups is 1. The molecule has 1 aromatic carbocycles. The Kier molecular flexibility index (Phi) is 7.92. The highest BCUT2D eigenvalue weighted by Crippen LogP contribution is 2.28. The maximum atomic E-state index is 12.6. The Morgan fingerprint density at radius 1 is 1.25 bits per heavy atom. The molecule has 0 saturated carbocycles.